The van der Waals surface area contributed by atoms with Crippen LogP contribution in [0.25, 0.3) is 0 Å². The third-order valence-electron chi connectivity index (χ3n) is 4.68. The third-order valence-corrected chi connectivity index (χ3v) is 4.68. The van der Waals surface area contributed by atoms with Crippen LogP contribution in [-0.4, -0.2) is 11.1 Å². The Kier molecular flexibility index (Phi) is 16.4. The van der Waals surface area contributed by atoms with Crippen LogP contribution in [0.5, 0.6) is 0 Å². The average Bonchev–Trinajstić information content (AvgIpc) is 2.49. The van der Waals surface area contributed by atoms with Gasteiger partial charge in [-0.1, -0.05) is 97.3 Å². The van der Waals surface area contributed by atoms with Gasteiger partial charge in [0.2, 0.25) is 0 Å². The van der Waals surface area contributed by atoms with Crippen LogP contribution in [0.2, 0.25) is 0 Å². The highest BCUT2D eigenvalue weighted by Crippen LogP contribution is 2.23. The second-order valence-corrected chi connectivity index (χ2v) is 6.91. The normalized spacial score (nSPS) is 12.5. The predicted molar refractivity (Wildman–Crippen MR) is 96.3 cm³/mol. The molecule has 132 valence electrons. The highest BCUT2D eigenvalue weighted by molar-refractivity contribution is 5.66. The molecule has 0 aliphatic carbocycles. The Hall–Kier alpha value is -0.530. The fourth-order valence-electron chi connectivity index (χ4n) is 3.22. The van der Waals surface area contributed by atoms with E-state index in [4.69, 9.17) is 5.11 Å². The Bertz CT molecular complexity index is 238. The number of carboxylic acids is 1. The minimum absolute atomic E-state index is 0.350. The molecule has 0 aromatic rings. The summed E-state index contributed by atoms with van der Waals surface area (Å²) in [4.78, 5) is 10.7. The smallest absolute Gasteiger partial charge is 0.303 e. The first-order chi connectivity index (χ1) is 10.7. The molecule has 0 aliphatic rings. The molecule has 1 N–H and O–H groups in total. The van der Waals surface area contributed by atoms with Crippen LogP contribution < -0.4 is 0 Å². The summed E-state index contributed by atoms with van der Waals surface area (Å²) in [5, 5.41) is 8.80. The number of unbranched alkanes of at least 4 members (excludes halogenated alkanes) is 9. The van der Waals surface area contributed by atoms with Gasteiger partial charge in [0.05, 0.1) is 0 Å². The zero-order valence-electron chi connectivity index (χ0n) is 15.2. The first-order valence-electron chi connectivity index (χ1n) is 9.92. The minimum atomic E-state index is -0.638. The molecule has 0 aromatic heterocycles. The number of aliphatic carboxylic acids is 1. The monoisotopic (exact) mass is 312 g/mol. The van der Waals surface area contributed by atoms with Gasteiger partial charge in [0.1, 0.15) is 0 Å². The van der Waals surface area contributed by atoms with Gasteiger partial charge in [-0.2, -0.15) is 0 Å². The Morgan fingerprint density at radius 3 is 1.55 bits per heavy atom. The van der Waals surface area contributed by atoms with E-state index in [0.717, 1.165) is 18.8 Å². The molecule has 1 unspecified atom stereocenters. The summed E-state index contributed by atoms with van der Waals surface area (Å²) in [7, 11) is 0. The van der Waals surface area contributed by atoms with Crippen molar-refractivity contribution in [3.8, 4) is 0 Å². The molecule has 22 heavy (non-hydrogen) atoms. The van der Waals surface area contributed by atoms with Crippen molar-refractivity contribution in [2.75, 3.05) is 0 Å². The average molecular weight is 313 g/mol. The highest BCUT2D eigenvalue weighted by atomic mass is 16.4. The molecule has 0 rings (SSSR count). The molecular weight excluding hydrogens is 272 g/mol. The van der Waals surface area contributed by atoms with Crippen molar-refractivity contribution in [2.45, 2.75) is 117 Å². The van der Waals surface area contributed by atoms with E-state index in [9.17, 15) is 4.79 Å². The van der Waals surface area contributed by atoms with Crippen LogP contribution in [0.1, 0.15) is 117 Å². The summed E-state index contributed by atoms with van der Waals surface area (Å²) < 4.78 is 0. The number of hydrogen-bond donors (Lipinski definition) is 1. The fraction of sp³-hybridized carbons (Fsp3) is 0.950. The molecule has 1 atom stereocenters. The molecule has 0 radical (unpaired) electrons. The van der Waals surface area contributed by atoms with Gasteiger partial charge >= 0.3 is 5.97 Å². The largest absolute Gasteiger partial charge is 0.481 e. The highest BCUT2D eigenvalue weighted by Gasteiger charge is 2.09. The van der Waals surface area contributed by atoms with E-state index in [2.05, 4.69) is 13.8 Å². The Labute approximate surface area is 139 Å². The number of carbonyl (C=O) groups is 1. The van der Waals surface area contributed by atoms with Gasteiger partial charge in [-0.25, -0.2) is 0 Å². The lowest BCUT2D eigenvalue weighted by molar-refractivity contribution is -0.137. The van der Waals surface area contributed by atoms with Gasteiger partial charge in [-0.05, 0) is 18.8 Å². The lowest BCUT2D eigenvalue weighted by Gasteiger charge is -2.16. The molecule has 0 bridgehead atoms. The molecular formula is C20H40O2. The van der Waals surface area contributed by atoms with Crippen LogP contribution >= 0.6 is 0 Å². The first-order valence-corrected chi connectivity index (χ1v) is 9.92. The number of hydrogen-bond acceptors (Lipinski definition) is 1. The topological polar surface area (TPSA) is 37.3 Å². The predicted octanol–water partition coefficient (Wildman–Crippen LogP) is 6.97. The van der Waals surface area contributed by atoms with Crippen molar-refractivity contribution in [1.82, 2.24) is 0 Å². The van der Waals surface area contributed by atoms with E-state index in [1.54, 1.807) is 0 Å². The van der Waals surface area contributed by atoms with Gasteiger partial charge in [-0.15, -0.1) is 0 Å². The van der Waals surface area contributed by atoms with Crippen molar-refractivity contribution < 1.29 is 9.90 Å². The van der Waals surface area contributed by atoms with Gasteiger partial charge in [0.15, 0.2) is 0 Å². The molecule has 0 aromatic carbocycles. The van der Waals surface area contributed by atoms with Crippen LogP contribution in [0, 0.1) is 5.92 Å². The van der Waals surface area contributed by atoms with Crippen molar-refractivity contribution >= 4 is 5.97 Å². The van der Waals surface area contributed by atoms with Gasteiger partial charge in [0, 0.05) is 6.42 Å². The molecule has 0 heterocycles. The van der Waals surface area contributed by atoms with Gasteiger partial charge in [0.25, 0.3) is 0 Å². The molecule has 0 saturated carbocycles. The Morgan fingerprint density at radius 2 is 1.09 bits per heavy atom. The molecule has 2 nitrogen and oxygen atoms in total. The second kappa shape index (κ2) is 16.8. The van der Waals surface area contributed by atoms with Crippen LogP contribution in [0.15, 0.2) is 0 Å². The lowest BCUT2D eigenvalue weighted by atomic mass is 9.90. The van der Waals surface area contributed by atoms with Gasteiger partial charge in [-0.3, -0.25) is 4.79 Å². The van der Waals surface area contributed by atoms with Crippen LogP contribution in [0.3, 0.4) is 0 Å². The summed E-state index contributed by atoms with van der Waals surface area (Å²) in [5.74, 6) is 0.133. The summed E-state index contributed by atoms with van der Waals surface area (Å²) >= 11 is 0. The summed E-state index contributed by atoms with van der Waals surface area (Å²) in [6, 6.07) is 0. The van der Waals surface area contributed by atoms with Gasteiger partial charge < -0.3 is 5.11 Å². The summed E-state index contributed by atoms with van der Waals surface area (Å²) in [6.45, 7) is 4.52. The zero-order chi connectivity index (χ0) is 16.5. The van der Waals surface area contributed by atoms with Crippen molar-refractivity contribution in [3.63, 3.8) is 0 Å². The maximum Gasteiger partial charge on any atom is 0.303 e. The number of carboxylic acid groups (broad SMARTS) is 1. The van der Waals surface area contributed by atoms with Crippen molar-refractivity contribution in [1.29, 1.82) is 0 Å². The van der Waals surface area contributed by atoms with E-state index in [-0.39, 0.29) is 0 Å². The standard InChI is InChI=1S/C20H40O2/c1-3-5-7-9-11-13-16-19(17-14-18-20(21)22)15-12-10-8-6-4-2/h19H,3-18H2,1-2H3,(H,21,22). The van der Waals surface area contributed by atoms with E-state index in [1.165, 1.54) is 83.5 Å². The maximum atomic E-state index is 10.7. The molecule has 0 fully saturated rings. The summed E-state index contributed by atoms with van der Waals surface area (Å²) in [5.41, 5.74) is 0. The molecule has 0 saturated heterocycles. The van der Waals surface area contributed by atoms with E-state index in [0.29, 0.717) is 6.42 Å². The fourth-order valence-corrected chi connectivity index (χ4v) is 3.22. The minimum Gasteiger partial charge on any atom is -0.481 e. The Morgan fingerprint density at radius 1 is 0.682 bits per heavy atom. The molecule has 2 heteroatoms. The lowest BCUT2D eigenvalue weighted by Crippen LogP contribution is -2.03. The van der Waals surface area contributed by atoms with Crippen molar-refractivity contribution in [2.24, 2.45) is 5.92 Å². The second-order valence-electron chi connectivity index (χ2n) is 6.91. The quantitative estimate of drug-likeness (QED) is 0.294. The molecule has 0 amide bonds. The first kappa shape index (κ1) is 21.5. The van der Waals surface area contributed by atoms with E-state index < -0.39 is 5.97 Å². The van der Waals surface area contributed by atoms with Crippen molar-refractivity contribution in [3.05, 3.63) is 0 Å². The molecule has 0 spiro atoms. The molecule has 0 aliphatic heterocycles. The van der Waals surface area contributed by atoms with E-state index >= 15 is 0 Å². The Balaban J connectivity index is 3.76. The van der Waals surface area contributed by atoms with Crippen LogP contribution in [-0.2, 0) is 4.79 Å². The third kappa shape index (κ3) is 15.9. The van der Waals surface area contributed by atoms with Crippen LogP contribution in [0.4, 0.5) is 0 Å². The summed E-state index contributed by atoms with van der Waals surface area (Å²) in [6.07, 6.45) is 19.9. The SMILES string of the molecule is CCCCCCCCC(CCCCCCC)CCCC(=O)O. The van der Waals surface area contributed by atoms with E-state index in [1.807, 2.05) is 0 Å². The number of rotatable bonds is 17. The maximum absolute atomic E-state index is 10.7. The zero-order valence-corrected chi connectivity index (χ0v) is 15.2.